The number of benzene rings is 1. The number of anilines is 1. The highest BCUT2D eigenvalue weighted by Crippen LogP contribution is 2.31. The van der Waals surface area contributed by atoms with Crippen molar-refractivity contribution >= 4 is 40.5 Å². The molecule has 2 aromatic rings. The summed E-state index contributed by atoms with van der Waals surface area (Å²) in [5.74, 6) is 1.34. The Labute approximate surface area is 127 Å². The maximum atomic E-state index is 6.21. The maximum absolute atomic E-state index is 6.21. The molecule has 1 N–H and O–H groups in total. The molecule has 0 saturated heterocycles. The van der Waals surface area contributed by atoms with Crippen LogP contribution in [-0.4, -0.2) is 10.8 Å². The second-order valence-electron chi connectivity index (χ2n) is 4.34. The molecule has 5 heteroatoms. The van der Waals surface area contributed by atoms with Crippen LogP contribution in [0.2, 0.25) is 10.0 Å². The van der Waals surface area contributed by atoms with Gasteiger partial charge in [-0.05, 0) is 36.3 Å². The molecule has 0 saturated carbocycles. The summed E-state index contributed by atoms with van der Waals surface area (Å²) >= 11 is 12.2. The lowest BCUT2D eigenvalue weighted by Crippen LogP contribution is -2.09. The molecular weight excluding hydrogens is 293 g/mol. The van der Waals surface area contributed by atoms with Gasteiger partial charge in [-0.15, -0.1) is 0 Å². The average molecular weight is 304 g/mol. The molecule has 1 aromatic heterocycles. The Morgan fingerprint density at radius 1 is 1.15 bits per heavy atom. The minimum Gasteiger partial charge on any atom is -0.325 e. The third-order valence-corrected chi connectivity index (χ3v) is 3.43. The fourth-order valence-electron chi connectivity index (χ4n) is 1.98. The number of aliphatic imine (C=N–C) groups is 1. The van der Waals surface area contributed by atoms with Gasteiger partial charge in [0.15, 0.2) is 0 Å². The van der Waals surface area contributed by atoms with Crippen LogP contribution < -0.4 is 5.32 Å². The van der Waals surface area contributed by atoms with E-state index in [2.05, 4.69) is 15.3 Å². The molecular formula is C15H11Cl2N3. The van der Waals surface area contributed by atoms with Crippen LogP contribution in [0.15, 0.2) is 53.7 Å². The van der Waals surface area contributed by atoms with Crippen molar-refractivity contribution in [2.24, 2.45) is 4.99 Å². The third kappa shape index (κ3) is 2.84. The zero-order chi connectivity index (χ0) is 13.9. The van der Waals surface area contributed by atoms with Crippen molar-refractivity contribution in [3.63, 3.8) is 0 Å². The molecule has 100 valence electrons. The molecule has 2 heterocycles. The second kappa shape index (κ2) is 5.65. The van der Waals surface area contributed by atoms with E-state index in [9.17, 15) is 0 Å². The van der Waals surface area contributed by atoms with Crippen LogP contribution in [0, 0.1) is 0 Å². The van der Waals surface area contributed by atoms with Gasteiger partial charge in [0.05, 0.1) is 10.7 Å². The van der Waals surface area contributed by atoms with Gasteiger partial charge in [-0.3, -0.25) is 0 Å². The molecule has 1 aromatic carbocycles. The van der Waals surface area contributed by atoms with Crippen LogP contribution in [0.1, 0.15) is 5.56 Å². The van der Waals surface area contributed by atoms with E-state index in [0.717, 1.165) is 17.7 Å². The number of allylic oxidation sites excluding steroid dienone is 1. The minimum absolute atomic E-state index is 0.624. The molecule has 0 bridgehead atoms. The Morgan fingerprint density at radius 2 is 2.05 bits per heavy atom. The van der Waals surface area contributed by atoms with E-state index in [-0.39, 0.29) is 0 Å². The van der Waals surface area contributed by atoms with Gasteiger partial charge in [0, 0.05) is 11.2 Å². The average Bonchev–Trinajstić information content (AvgIpc) is 2.62. The van der Waals surface area contributed by atoms with Crippen LogP contribution in [0.3, 0.4) is 0 Å². The van der Waals surface area contributed by atoms with E-state index in [1.807, 2.05) is 30.4 Å². The number of rotatable bonds is 1. The predicted octanol–water partition coefficient (Wildman–Crippen LogP) is 4.64. The smallest absolute Gasteiger partial charge is 0.132 e. The monoisotopic (exact) mass is 303 g/mol. The predicted molar refractivity (Wildman–Crippen MR) is 84.3 cm³/mol. The Morgan fingerprint density at radius 3 is 2.90 bits per heavy atom. The summed E-state index contributed by atoms with van der Waals surface area (Å²) in [6.45, 7) is 0. The molecule has 0 atom stereocenters. The number of nitrogens with zero attached hydrogens (tertiary/aromatic N) is 2. The normalized spacial score (nSPS) is 13.4. The summed E-state index contributed by atoms with van der Waals surface area (Å²) in [5.41, 5.74) is 1.90. The van der Waals surface area contributed by atoms with Gasteiger partial charge in [-0.2, -0.15) is 0 Å². The first kappa shape index (κ1) is 13.2. The van der Waals surface area contributed by atoms with E-state index in [1.54, 1.807) is 18.3 Å². The summed E-state index contributed by atoms with van der Waals surface area (Å²) in [5, 5.41) is 4.41. The van der Waals surface area contributed by atoms with Gasteiger partial charge >= 0.3 is 0 Å². The number of hydrogen-bond donors (Lipinski definition) is 1. The topological polar surface area (TPSA) is 37.3 Å². The Bertz CT molecular complexity index is 708. The zero-order valence-electron chi connectivity index (χ0n) is 10.5. The third-order valence-electron chi connectivity index (χ3n) is 2.89. The first-order valence-electron chi connectivity index (χ1n) is 6.13. The van der Waals surface area contributed by atoms with Crippen LogP contribution in [0.5, 0.6) is 0 Å². The van der Waals surface area contributed by atoms with Crippen molar-refractivity contribution in [3.8, 4) is 0 Å². The molecule has 0 spiro atoms. The first-order chi connectivity index (χ1) is 9.72. The quantitative estimate of drug-likeness (QED) is 0.833. The molecule has 0 aliphatic carbocycles. The van der Waals surface area contributed by atoms with Crippen molar-refractivity contribution < 1.29 is 0 Å². The van der Waals surface area contributed by atoms with Crippen LogP contribution in [0.4, 0.5) is 11.5 Å². The lowest BCUT2D eigenvalue weighted by molar-refractivity contribution is 1.27. The number of pyridine rings is 1. The number of fused-ring (bicyclic) bond motifs is 1. The number of halogens is 2. The molecule has 0 radical (unpaired) electrons. The molecule has 20 heavy (non-hydrogen) atoms. The fraction of sp³-hybridized carbons (Fsp3) is 0.0667. The molecule has 1 aliphatic heterocycles. The van der Waals surface area contributed by atoms with Crippen LogP contribution >= 0.6 is 23.2 Å². The standard InChI is InChI=1S/C15H11Cl2N3/c16-11-7-8-18-14(9-11)19-13-6-2-4-10-3-1-5-12(17)15(10)20-13/h1-3,5-9H,4H2,(H,18,19,20). The SMILES string of the molecule is Clc1ccnc(NC2=Nc3c(Cl)cccc3CC=C2)c1. The summed E-state index contributed by atoms with van der Waals surface area (Å²) in [7, 11) is 0. The van der Waals surface area contributed by atoms with Crippen molar-refractivity contribution in [2.75, 3.05) is 5.32 Å². The largest absolute Gasteiger partial charge is 0.325 e. The van der Waals surface area contributed by atoms with E-state index in [0.29, 0.717) is 21.7 Å². The summed E-state index contributed by atoms with van der Waals surface area (Å²) in [6, 6.07) is 9.27. The van der Waals surface area contributed by atoms with Crippen molar-refractivity contribution in [1.29, 1.82) is 0 Å². The van der Waals surface area contributed by atoms with E-state index in [1.165, 1.54) is 0 Å². The number of aromatic nitrogens is 1. The van der Waals surface area contributed by atoms with Gasteiger partial charge in [-0.25, -0.2) is 9.98 Å². The minimum atomic E-state index is 0.624. The Hall–Kier alpha value is -1.84. The number of nitrogens with one attached hydrogen (secondary N) is 1. The zero-order valence-corrected chi connectivity index (χ0v) is 12.0. The number of para-hydroxylation sites is 1. The van der Waals surface area contributed by atoms with Crippen molar-refractivity contribution in [1.82, 2.24) is 4.98 Å². The summed E-state index contributed by atoms with van der Waals surface area (Å²) in [4.78, 5) is 8.77. The lowest BCUT2D eigenvalue weighted by atomic mass is 10.1. The highest BCUT2D eigenvalue weighted by Gasteiger charge is 2.09. The van der Waals surface area contributed by atoms with E-state index >= 15 is 0 Å². The molecule has 1 aliphatic rings. The molecule has 0 fully saturated rings. The Kier molecular flexibility index (Phi) is 3.72. The van der Waals surface area contributed by atoms with Gasteiger partial charge in [-0.1, -0.05) is 41.4 Å². The van der Waals surface area contributed by atoms with Gasteiger partial charge < -0.3 is 5.32 Å². The second-order valence-corrected chi connectivity index (χ2v) is 5.18. The Balaban J connectivity index is 1.96. The van der Waals surface area contributed by atoms with E-state index < -0.39 is 0 Å². The number of amidine groups is 1. The highest BCUT2D eigenvalue weighted by atomic mass is 35.5. The molecule has 3 rings (SSSR count). The molecule has 3 nitrogen and oxygen atoms in total. The van der Waals surface area contributed by atoms with Gasteiger partial charge in [0.1, 0.15) is 11.7 Å². The number of hydrogen-bond acceptors (Lipinski definition) is 3. The fourth-order valence-corrected chi connectivity index (χ4v) is 2.38. The van der Waals surface area contributed by atoms with Crippen LogP contribution in [0.25, 0.3) is 0 Å². The van der Waals surface area contributed by atoms with Crippen molar-refractivity contribution in [3.05, 3.63) is 64.3 Å². The lowest BCUT2D eigenvalue weighted by Gasteiger charge is -2.07. The van der Waals surface area contributed by atoms with Crippen LogP contribution in [-0.2, 0) is 6.42 Å². The van der Waals surface area contributed by atoms with Gasteiger partial charge in [0.2, 0.25) is 0 Å². The van der Waals surface area contributed by atoms with E-state index in [4.69, 9.17) is 23.2 Å². The highest BCUT2D eigenvalue weighted by molar-refractivity contribution is 6.33. The summed E-state index contributed by atoms with van der Waals surface area (Å²) < 4.78 is 0. The molecule has 0 amide bonds. The van der Waals surface area contributed by atoms with Gasteiger partial charge in [0.25, 0.3) is 0 Å². The first-order valence-corrected chi connectivity index (χ1v) is 6.89. The van der Waals surface area contributed by atoms with Crippen molar-refractivity contribution in [2.45, 2.75) is 6.42 Å². The maximum Gasteiger partial charge on any atom is 0.132 e. The molecule has 0 unspecified atom stereocenters. The summed E-state index contributed by atoms with van der Waals surface area (Å²) in [6.07, 6.45) is 6.40.